The first-order valence-corrected chi connectivity index (χ1v) is 20.9. The molecule has 2 fully saturated rings. The van der Waals surface area contributed by atoms with E-state index in [1.165, 1.54) is 36.3 Å². The number of hydrogen-bond acceptors (Lipinski definition) is 8. The molecule has 1 N–H and O–H groups in total. The highest BCUT2D eigenvalue weighted by molar-refractivity contribution is 6.03. The summed E-state index contributed by atoms with van der Waals surface area (Å²) in [5, 5.41) is 2.10. The summed E-state index contributed by atoms with van der Waals surface area (Å²) < 4.78 is 29.3. The highest BCUT2D eigenvalue weighted by atomic mass is 19.1. The van der Waals surface area contributed by atoms with E-state index in [1.54, 1.807) is 6.92 Å². The van der Waals surface area contributed by atoms with Gasteiger partial charge in [0.05, 0.1) is 23.1 Å². The van der Waals surface area contributed by atoms with Crippen molar-refractivity contribution in [1.82, 2.24) is 20.2 Å². The van der Waals surface area contributed by atoms with Gasteiger partial charge in [0.15, 0.2) is 5.78 Å². The molecule has 1 unspecified atom stereocenters. The fourth-order valence-corrected chi connectivity index (χ4v) is 9.03. The van der Waals surface area contributed by atoms with E-state index in [9.17, 15) is 18.8 Å². The lowest BCUT2D eigenvalue weighted by Gasteiger charge is -2.33. The number of allylic oxidation sites excluding steroid dienone is 6. The van der Waals surface area contributed by atoms with Crippen LogP contribution >= 0.6 is 0 Å². The molecule has 2 amide bonds. The van der Waals surface area contributed by atoms with Gasteiger partial charge in [-0.1, -0.05) is 58.0 Å². The monoisotopic (exact) mass is 804 g/mol. The smallest absolute Gasteiger partial charge is 0.233 e. The quantitative estimate of drug-likeness (QED) is 0.0978. The predicted octanol–water partition coefficient (Wildman–Crippen LogP) is 9.87. The number of rotatable bonds is 14. The number of nitrogens with one attached hydrogen (secondary N) is 1. The topological polar surface area (TPSA) is 98.7 Å². The summed E-state index contributed by atoms with van der Waals surface area (Å²) in [5.74, 6) is -1.38. The number of carbonyl (C=O) groups excluding carboxylic acids is 3. The van der Waals surface area contributed by atoms with E-state index in [0.717, 1.165) is 66.2 Å². The van der Waals surface area contributed by atoms with Gasteiger partial charge < -0.3 is 9.80 Å². The molecule has 11 heteroatoms. The number of halogens is 2. The minimum atomic E-state index is -0.793. The van der Waals surface area contributed by atoms with Crippen molar-refractivity contribution in [3.63, 3.8) is 0 Å². The second-order valence-corrected chi connectivity index (χ2v) is 16.9. The molecule has 6 rings (SSSR count). The summed E-state index contributed by atoms with van der Waals surface area (Å²) in [4.78, 5) is 52.0. The molecule has 0 saturated carbocycles. The lowest BCUT2D eigenvalue weighted by molar-refractivity contribution is -0.127. The van der Waals surface area contributed by atoms with Crippen LogP contribution in [0, 0.1) is 18.8 Å². The van der Waals surface area contributed by atoms with Gasteiger partial charge in [0.25, 0.3) is 0 Å². The van der Waals surface area contributed by atoms with E-state index in [1.807, 2.05) is 44.4 Å². The first-order chi connectivity index (χ1) is 28.2. The average Bonchev–Trinajstić information content (AvgIpc) is 3.40. The molecule has 9 nitrogen and oxygen atoms in total. The van der Waals surface area contributed by atoms with E-state index in [2.05, 4.69) is 58.6 Å². The number of hydrogen-bond donors (Lipinski definition) is 1. The van der Waals surface area contributed by atoms with Crippen LogP contribution in [-0.2, 0) is 21.5 Å². The maximum absolute atomic E-state index is 15.2. The number of piperidine rings is 2. The van der Waals surface area contributed by atoms with Crippen molar-refractivity contribution in [3.8, 4) is 0 Å². The summed E-state index contributed by atoms with van der Waals surface area (Å²) in [6.45, 7) is 19.7. The number of imide groups is 1. The van der Waals surface area contributed by atoms with Gasteiger partial charge in [0.2, 0.25) is 18.3 Å². The molecule has 3 aromatic rings. The van der Waals surface area contributed by atoms with Crippen molar-refractivity contribution in [3.05, 3.63) is 124 Å². The normalized spacial score (nSPS) is 18.8. The molecule has 0 radical (unpaired) electrons. The molecule has 1 aromatic heterocycles. The Balaban J connectivity index is 1.05. The van der Waals surface area contributed by atoms with Gasteiger partial charge in [-0.25, -0.2) is 18.7 Å². The van der Waals surface area contributed by atoms with Crippen LogP contribution in [0.3, 0.4) is 0 Å². The van der Waals surface area contributed by atoms with Crippen LogP contribution in [-0.4, -0.2) is 59.1 Å². The molecule has 59 heavy (non-hydrogen) atoms. The third kappa shape index (κ3) is 9.78. The number of amides is 2. The Kier molecular flexibility index (Phi) is 13.8. The van der Waals surface area contributed by atoms with Crippen molar-refractivity contribution in [1.29, 1.82) is 0 Å². The minimum Gasteiger partial charge on any atom is -0.341 e. The lowest BCUT2D eigenvalue weighted by atomic mass is 9.82. The molecule has 2 aromatic carbocycles. The van der Waals surface area contributed by atoms with Gasteiger partial charge in [0.1, 0.15) is 5.83 Å². The standard InChI is InChI=1S/C48H58F2N6O3/c1-8-10-39(46(59)53-30-57)24-41(50)25-40(23-32(3)49)37-17-21-55(22-18-37)47-51-27-35(28-52-47)29-54-19-15-36(16-20-54)38-13-14-42-44(26-38)56(34(5)48(42,6)7)43-12-9-11-31(2)45(43)33(4)58/h9,11-14,23-28,30,36-37,39H,5,8,10,15-22,29H2,1-4,6-7H3,(H,53,57,59)/b32-23+,40-25+,41-24-. The van der Waals surface area contributed by atoms with E-state index in [-0.39, 0.29) is 17.1 Å². The van der Waals surface area contributed by atoms with E-state index < -0.39 is 23.5 Å². The van der Waals surface area contributed by atoms with Gasteiger partial charge in [-0.2, -0.15) is 0 Å². The van der Waals surface area contributed by atoms with Crippen LogP contribution in [0.25, 0.3) is 0 Å². The SMILES string of the molecule is C=C1N(c2cccc(C)c2C(C)=O)c2cc(C3CCN(Cc4cnc(N5CCC(C(=C/C(F)=C/C(CCC)C(=O)NC=O)/C=C(\C)F)CC5)nc4)CC3)ccc2C1(C)C. The van der Waals surface area contributed by atoms with Gasteiger partial charge in [-0.05, 0) is 130 Å². The van der Waals surface area contributed by atoms with Gasteiger partial charge in [-0.15, -0.1) is 0 Å². The van der Waals surface area contributed by atoms with Crippen molar-refractivity contribution in [2.45, 2.75) is 97.9 Å². The van der Waals surface area contributed by atoms with Crippen LogP contribution in [0.1, 0.15) is 112 Å². The zero-order chi connectivity index (χ0) is 42.4. The molecule has 3 aliphatic rings. The molecular weight excluding hydrogens is 747 g/mol. The largest absolute Gasteiger partial charge is 0.341 e. The van der Waals surface area contributed by atoms with E-state index in [4.69, 9.17) is 9.97 Å². The van der Waals surface area contributed by atoms with Gasteiger partial charge in [0, 0.05) is 54.3 Å². The van der Waals surface area contributed by atoms with Crippen LogP contribution in [0.4, 0.5) is 26.1 Å². The third-order valence-electron chi connectivity index (χ3n) is 12.3. The Labute approximate surface area is 348 Å². The molecule has 0 aliphatic carbocycles. The number of Topliss-reactive ketones (excluding diaryl/α,β-unsaturated/α-hetero) is 1. The molecule has 1 atom stereocenters. The molecular formula is C48H58F2N6O3. The summed E-state index contributed by atoms with van der Waals surface area (Å²) in [6, 6.07) is 12.9. The minimum absolute atomic E-state index is 0.0513. The molecule has 312 valence electrons. The fourth-order valence-electron chi connectivity index (χ4n) is 9.03. The number of anilines is 3. The van der Waals surface area contributed by atoms with Crippen molar-refractivity contribution in [2.24, 2.45) is 11.8 Å². The molecule has 0 spiro atoms. The first-order valence-electron chi connectivity index (χ1n) is 20.9. The maximum Gasteiger partial charge on any atom is 0.233 e. The molecule has 2 saturated heterocycles. The zero-order valence-corrected chi connectivity index (χ0v) is 35.4. The number of benzene rings is 2. The molecule has 4 heterocycles. The summed E-state index contributed by atoms with van der Waals surface area (Å²) >= 11 is 0. The fraction of sp³-hybridized carbons (Fsp3) is 0.438. The van der Waals surface area contributed by atoms with Crippen molar-refractivity contribution in [2.75, 3.05) is 36.0 Å². The summed E-state index contributed by atoms with van der Waals surface area (Å²) in [7, 11) is 0. The third-order valence-corrected chi connectivity index (χ3v) is 12.3. The summed E-state index contributed by atoms with van der Waals surface area (Å²) in [5.41, 5.74) is 8.53. The number of nitrogens with zero attached hydrogens (tertiary/aromatic N) is 5. The zero-order valence-electron chi connectivity index (χ0n) is 35.4. The van der Waals surface area contributed by atoms with Crippen molar-refractivity contribution < 1.29 is 23.2 Å². The second kappa shape index (κ2) is 18.7. The molecule has 0 bridgehead atoms. The first kappa shape index (κ1) is 43.3. The number of likely N-dealkylation sites (tertiary alicyclic amines) is 1. The second-order valence-electron chi connectivity index (χ2n) is 16.9. The Morgan fingerprint density at radius 1 is 0.983 bits per heavy atom. The predicted molar refractivity (Wildman–Crippen MR) is 231 cm³/mol. The van der Waals surface area contributed by atoms with Gasteiger partial charge in [-0.3, -0.25) is 24.6 Å². The number of aryl methyl sites for hydroxylation is 1. The van der Waals surface area contributed by atoms with Crippen LogP contribution in [0.15, 0.2) is 96.5 Å². The maximum atomic E-state index is 15.2. The van der Waals surface area contributed by atoms with Crippen LogP contribution in [0.2, 0.25) is 0 Å². The Morgan fingerprint density at radius 3 is 2.31 bits per heavy atom. The van der Waals surface area contributed by atoms with E-state index >= 15 is 4.39 Å². The Morgan fingerprint density at radius 2 is 1.68 bits per heavy atom. The Bertz CT molecular complexity index is 2140. The van der Waals surface area contributed by atoms with E-state index in [0.29, 0.717) is 62.6 Å². The summed E-state index contributed by atoms with van der Waals surface area (Å²) in [6.07, 6.45) is 12.4. The highest BCUT2D eigenvalue weighted by Gasteiger charge is 2.41. The lowest BCUT2D eigenvalue weighted by Crippen LogP contribution is -2.35. The number of fused-ring (bicyclic) bond motifs is 1. The average molecular weight is 805 g/mol. The Hall–Kier alpha value is -5.29. The van der Waals surface area contributed by atoms with Crippen LogP contribution in [0.5, 0.6) is 0 Å². The number of ketones is 1. The number of carbonyl (C=O) groups is 3. The number of aromatic nitrogens is 2. The van der Waals surface area contributed by atoms with Crippen molar-refractivity contribution >= 4 is 35.4 Å². The van der Waals surface area contributed by atoms with Crippen LogP contribution < -0.4 is 15.1 Å². The highest BCUT2D eigenvalue weighted by Crippen LogP contribution is 2.52. The molecule has 3 aliphatic heterocycles. The van der Waals surface area contributed by atoms with Gasteiger partial charge >= 0.3 is 0 Å².